The van der Waals surface area contributed by atoms with E-state index in [0.717, 1.165) is 45.2 Å². The maximum Gasteiger partial charge on any atom is 0.138 e. The number of rotatable bonds is 4. The number of nitrogens with zero attached hydrogens (tertiary/aromatic N) is 1. The Labute approximate surface area is 175 Å². The van der Waals surface area contributed by atoms with Crippen LogP contribution in [0.1, 0.15) is 0 Å². The second kappa shape index (κ2) is 7.86. The van der Waals surface area contributed by atoms with Crippen molar-refractivity contribution in [2.75, 3.05) is 7.11 Å². The maximum absolute atomic E-state index is 5.31. The van der Waals surface area contributed by atoms with Crippen molar-refractivity contribution in [2.45, 2.75) is 0 Å². The summed E-state index contributed by atoms with van der Waals surface area (Å²) >= 11 is 0. The molecule has 29 heavy (non-hydrogen) atoms. The number of halogens is 1. The van der Waals surface area contributed by atoms with Gasteiger partial charge in [0.15, 0.2) is 0 Å². The zero-order valence-electron chi connectivity index (χ0n) is 15.8. The second-order valence-corrected chi connectivity index (χ2v) is 6.65. The van der Waals surface area contributed by atoms with E-state index in [1.807, 2.05) is 54.7 Å². The quantitative estimate of drug-likeness (QED) is 0.370. The first kappa shape index (κ1) is 18.8. The van der Waals surface area contributed by atoms with Crippen molar-refractivity contribution in [2.24, 2.45) is 0 Å². The summed E-state index contributed by atoms with van der Waals surface area (Å²) in [6, 6.07) is 26.5. The monoisotopic (exact) mass is 401 g/mol. The second-order valence-electron chi connectivity index (χ2n) is 6.65. The van der Waals surface area contributed by atoms with Gasteiger partial charge in [0.2, 0.25) is 0 Å². The predicted octanol–water partition coefficient (Wildman–Crippen LogP) is 6.32. The highest BCUT2D eigenvalue weighted by atomic mass is 35.5. The normalized spacial score (nSPS) is 10.7. The summed E-state index contributed by atoms with van der Waals surface area (Å²) in [4.78, 5) is 11.9. The van der Waals surface area contributed by atoms with Crippen molar-refractivity contribution in [3.63, 3.8) is 0 Å². The Kier molecular flexibility index (Phi) is 5.10. The van der Waals surface area contributed by atoms with Crippen molar-refractivity contribution in [1.29, 1.82) is 0 Å². The van der Waals surface area contributed by atoms with Gasteiger partial charge >= 0.3 is 0 Å². The van der Waals surface area contributed by atoms with Crippen molar-refractivity contribution in [3.8, 4) is 39.7 Å². The van der Waals surface area contributed by atoms with Crippen LogP contribution in [0.25, 0.3) is 44.8 Å². The standard InChI is InChI=1S/C24H19N3O.ClH/c1-28-18-13-11-16(12-14-18)22-23(20-15-25-21-10-6-5-9-19(20)21)27-24(26-22)17-7-3-2-4-8-17;/h2-15,25H,1H3,(H,26,27);1H. The third kappa shape index (κ3) is 3.39. The molecule has 144 valence electrons. The van der Waals surface area contributed by atoms with Crippen LogP contribution in [0.3, 0.4) is 0 Å². The molecule has 3 aromatic carbocycles. The molecular formula is C24H20ClN3O. The van der Waals surface area contributed by atoms with Crippen LogP contribution in [0.2, 0.25) is 0 Å². The molecule has 4 nitrogen and oxygen atoms in total. The van der Waals surface area contributed by atoms with E-state index in [2.05, 4.69) is 40.3 Å². The molecule has 2 heterocycles. The number of methoxy groups -OCH3 is 1. The topological polar surface area (TPSA) is 53.7 Å². The van der Waals surface area contributed by atoms with Gasteiger partial charge in [-0.05, 0) is 30.3 Å². The molecule has 2 N–H and O–H groups in total. The minimum absolute atomic E-state index is 0. The van der Waals surface area contributed by atoms with Crippen LogP contribution >= 0.6 is 12.4 Å². The molecule has 0 fully saturated rings. The van der Waals surface area contributed by atoms with Crippen LogP contribution in [-0.4, -0.2) is 22.1 Å². The van der Waals surface area contributed by atoms with E-state index in [1.165, 1.54) is 5.39 Å². The van der Waals surface area contributed by atoms with Crippen LogP contribution in [0.4, 0.5) is 0 Å². The summed E-state index contributed by atoms with van der Waals surface area (Å²) in [5, 5.41) is 1.17. The molecule has 0 aliphatic heterocycles. The highest BCUT2D eigenvalue weighted by molar-refractivity contribution is 5.98. The maximum atomic E-state index is 5.31. The molecule has 0 amide bonds. The van der Waals surface area contributed by atoms with Crippen molar-refractivity contribution < 1.29 is 4.74 Å². The van der Waals surface area contributed by atoms with Crippen LogP contribution in [0.5, 0.6) is 5.75 Å². The summed E-state index contributed by atoms with van der Waals surface area (Å²) in [5.41, 5.74) is 6.24. The lowest BCUT2D eigenvalue weighted by Gasteiger charge is -2.04. The lowest BCUT2D eigenvalue weighted by Crippen LogP contribution is -1.85. The smallest absolute Gasteiger partial charge is 0.138 e. The Morgan fingerprint density at radius 1 is 0.793 bits per heavy atom. The van der Waals surface area contributed by atoms with E-state index in [9.17, 15) is 0 Å². The number of hydrogen-bond acceptors (Lipinski definition) is 2. The molecule has 0 saturated carbocycles. The third-order valence-electron chi connectivity index (χ3n) is 4.97. The minimum atomic E-state index is 0. The Balaban J connectivity index is 0.00000205. The van der Waals surface area contributed by atoms with Crippen molar-refractivity contribution >= 4 is 23.3 Å². The molecule has 0 atom stereocenters. The van der Waals surface area contributed by atoms with Crippen molar-refractivity contribution in [3.05, 3.63) is 85.1 Å². The number of nitrogens with one attached hydrogen (secondary N) is 2. The molecule has 5 rings (SSSR count). The fourth-order valence-electron chi connectivity index (χ4n) is 3.54. The molecule has 5 heteroatoms. The largest absolute Gasteiger partial charge is 0.497 e. The molecule has 0 spiro atoms. The van der Waals surface area contributed by atoms with E-state index in [-0.39, 0.29) is 12.4 Å². The number of benzene rings is 3. The zero-order chi connectivity index (χ0) is 18.9. The summed E-state index contributed by atoms with van der Waals surface area (Å²) in [7, 11) is 1.68. The molecule has 0 unspecified atom stereocenters. The fourth-order valence-corrected chi connectivity index (χ4v) is 3.54. The third-order valence-corrected chi connectivity index (χ3v) is 4.97. The van der Waals surface area contributed by atoms with Gasteiger partial charge in [0.1, 0.15) is 11.6 Å². The van der Waals surface area contributed by atoms with Gasteiger partial charge < -0.3 is 14.7 Å². The molecule has 0 aliphatic carbocycles. The van der Waals surface area contributed by atoms with Gasteiger partial charge in [-0.2, -0.15) is 0 Å². The van der Waals surface area contributed by atoms with Gasteiger partial charge in [-0.25, -0.2) is 4.98 Å². The van der Waals surface area contributed by atoms with Gasteiger partial charge in [-0.15, -0.1) is 12.4 Å². The molecule has 0 bridgehead atoms. The molecule has 0 saturated heterocycles. The number of H-pyrrole nitrogens is 2. The van der Waals surface area contributed by atoms with E-state index in [1.54, 1.807) is 7.11 Å². The summed E-state index contributed by atoms with van der Waals surface area (Å²) in [6.45, 7) is 0. The van der Waals surface area contributed by atoms with Gasteiger partial charge in [0.25, 0.3) is 0 Å². The Hall–Kier alpha value is -3.50. The van der Waals surface area contributed by atoms with E-state index in [0.29, 0.717) is 0 Å². The van der Waals surface area contributed by atoms with E-state index < -0.39 is 0 Å². The summed E-state index contributed by atoms with van der Waals surface area (Å²) in [5.74, 6) is 1.68. The first-order valence-electron chi connectivity index (χ1n) is 9.20. The predicted molar refractivity (Wildman–Crippen MR) is 121 cm³/mol. The lowest BCUT2D eigenvalue weighted by molar-refractivity contribution is 0.415. The summed E-state index contributed by atoms with van der Waals surface area (Å²) < 4.78 is 5.31. The van der Waals surface area contributed by atoms with Gasteiger partial charge in [0.05, 0.1) is 18.5 Å². The highest BCUT2D eigenvalue weighted by Gasteiger charge is 2.18. The molecule has 2 aromatic heterocycles. The minimum Gasteiger partial charge on any atom is -0.497 e. The summed E-state index contributed by atoms with van der Waals surface area (Å²) in [6.07, 6.45) is 2.04. The molecule has 5 aromatic rings. The first-order chi connectivity index (χ1) is 13.8. The number of hydrogen-bond donors (Lipinski definition) is 2. The zero-order valence-corrected chi connectivity index (χ0v) is 16.7. The Bertz CT molecular complexity index is 1240. The average Bonchev–Trinajstić information content (AvgIpc) is 3.39. The number of aromatic nitrogens is 3. The number of fused-ring (bicyclic) bond motifs is 1. The first-order valence-corrected chi connectivity index (χ1v) is 9.20. The Morgan fingerprint density at radius 2 is 1.52 bits per heavy atom. The fraction of sp³-hybridized carbons (Fsp3) is 0.0417. The number of aromatic amines is 2. The van der Waals surface area contributed by atoms with E-state index >= 15 is 0 Å². The van der Waals surface area contributed by atoms with Gasteiger partial charge in [-0.3, -0.25) is 0 Å². The lowest BCUT2D eigenvalue weighted by atomic mass is 10.0. The SMILES string of the molecule is COc1ccc(-c2nc(-c3ccccc3)[nH]c2-c2c[nH]c3ccccc23)cc1.Cl. The van der Waals surface area contributed by atoms with Crippen LogP contribution in [0.15, 0.2) is 85.1 Å². The number of imidazole rings is 1. The van der Waals surface area contributed by atoms with Crippen LogP contribution in [-0.2, 0) is 0 Å². The molecule has 0 aliphatic rings. The highest BCUT2D eigenvalue weighted by Crippen LogP contribution is 2.37. The average molecular weight is 402 g/mol. The van der Waals surface area contributed by atoms with Gasteiger partial charge in [0, 0.05) is 33.8 Å². The number of para-hydroxylation sites is 1. The molecular weight excluding hydrogens is 382 g/mol. The number of ether oxygens (including phenoxy) is 1. The van der Waals surface area contributed by atoms with Crippen LogP contribution in [0, 0.1) is 0 Å². The Morgan fingerprint density at radius 3 is 2.28 bits per heavy atom. The van der Waals surface area contributed by atoms with Crippen molar-refractivity contribution in [1.82, 2.24) is 15.0 Å². The molecule has 0 radical (unpaired) electrons. The van der Waals surface area contributed by atoms with Gasteiger partial charge in [-0.1, -0.05) is 48.5 Å². The van der Waals surface area contributed by atoms with E-state index in [4.69, 9.17) is 9.72 Å². The van der Waals surface area contributed by atoms with Crippen LogP contribution < -0.4 is 4.74 Å².